The van der Waals surface area contributed by atoms with Crippen molar-refractivity contribution in [3.05, 3.63) is 64.5 Å². The van der Waals surface area contributed by atoms with Crippen molar-refractivity contribution < 1.29 is 24.1 Å². The van der Waals surface area contributed by atoms with Gasteiger partial charge in [0, 0.05) is 42.6 Å². The van der Waals surface area contributed by atoms with Crippen molar-refractivity contribution in [3.63, 3.8) is 0 Å². The Kier molecular flexibility index (Phi) is 6.89. The van der Waals surface area contributed by atoms with Crippen molar-refractivity contribution in [1.82, 2.24) is 9.97 Å². The Balaban J connectivity index is 1.20. The molecule has 1 fully saturated rings. The van der Waals surface area contributed by atoms with Crippen molar-refractivity contribution in [2.75, 3.05) is 37.8 Å². The zero-order valence-electron chi connectivity index (χ0n) is 21.7. The summed E-state index contributed by atoms with van der Waals surface area (Å²) < 4.78 is 17.5. The lowest BCUT2D eigenvalue weighted by Crippen LogP contribution is -2.37. The molecule has 3 aromatic rings. The number of anilines is 1. The molecule has 0 radical (unpaired) electrons. The van der Waals surface area contributed by atoms with Crippen LogP contribution in [0.15, 0.2) is 36.4 Å². The van der Waals surface area contributed by atoms with Crippen LogP contribution >= 0.6 is 0 Å². The van der Waals surface area contributed by atoms with Crippen molar-refractivity contribution in [2.45, 2.75) is 51.6 Å². The molecule has 1 N–H and O–H groups in total. The van der Waals surface area contributed by atoms with Gasteiger partial charge in [-0.05, 0) is 61.4 Å². The van der Waals surface area contributed by atoms with E-state index in [4.69, 9.17) is 29.3 Å². The van der Waals surface area contributed by atoms with E-state index in [2.05, 4.69) is 30.0 Å². The van der Waals surface area contributed by atoms with Crippen molar-refractivity contribution in [1.29, 1.82) is 0 Å². The molecule has 8 nitrogen and oxygen atoms in total. The number of aliphatic carboxylic acids is 1. The fraction of sp³-hybridized carbons (Fsp3) is 0.433. The van der Waals surface area contributed by atoms with Crippen LogP contribution in [0.2, 0.25) is 0 Å². The highest BCUT2D eigenvalue weighted by Crippen LogP contribution is 2.39. The lowest BCUT2D eigenvalue weighted by molar-refractivity contribution is -0.137. The third-order valence-electron chi connectivity index (χ3n) is 7.73. The van der Waals surface area contributed by atoms with Gasteiger partial charge in [-0.3, -0.25) is 4.79 Å². The number of hydrogen-bond donors (Lipinski definition) is 1. The maximum Gasteiger partial charge on any atom is 0.303 e. The molecule has 3 aliphatic rings. The van der Waals surface area contributed by atoms with Crippen LogP contribution in [-0.4, -0.2) is 54.0 Å². The molecule has 1 saturated heterocycles. The standard InChI is InChI=1S/C30H33N3O5/c1-19-29-25-15-20(17-37-23-8-9-24-22(7-10-28(34)35)18-38-27(24)16-23)5-6-21(25)3-2-4-26(29)32-30(31-19)33-11-13-36-14-12-33/h5-6,8-9,15-16,22H,2-4,7,10-14,17-18H2,1H3,(H,34,35)/t22-/m1/s1. The average Bonchev–Trinajstić information content (AvgIpc) is 3.24. The molecule has 198 valence electrons. The first-order valence-corrected chi connectivity index (χ1v) is 13.5. The molecule has 3 heterocycles. The van der Waals surface area contributed by atoms with Crippen molar-refractivity contribution in [2.24, 2.45) is 0 Å². The highest BCUT2D eigenvalue weighted by atomic mass is 16.5. The molecule has 0 spiro atoms. The van der Waals surface area contributed by atoms with Gasteiger partial charge in [0.2, 0.25) is 5.95 Å². The van der Waals surface area contributed by atoms with Crippen LogP contribution in [0.1, 0.15) is 53.3 Å². The van der Waals surface area contributed by atoms with Gasteiger partial charge in [-0.2, -0.15) is 0 Å². The lowest BCUT2D eigenvalue weighted by Gasteiger charge is -2.28. The number of rotatable bonds is 7. The fourth-order valence-corrected chi connectivity index (χ4v) is 5.71. The second kappa shape index (κ2) is 10.6. The van der Waals surface area contributed by atoms with Gasteiger partial charge in [-0.15, -0.1) is 0 Å². The number of aromatic nitrogens is 2. The van der Waals surface area contributed by atoms with Crippen LogP contribution in [0, 0.1) is 6.92 Å². The minimum absolute atomic E-state index is 0.119. The number of carboxylic acids is 1. The zero-order chi connectivity index (χ0) is 26.1. The first-order chi connectivity index (χ1) is 18.5. The molecule has 8 heteroatoms. The Labute approximate surface area is 222 Å². The van der Waals surface area contributed by atoms with Gasteiger partial charge in [0.1, 0.15) is 18.1 Å². The van der Waals surface area contributed by atoms with Crippen LogP contribution in [0.3, 0.4) is 0 Å². The van der Waals surface area contributed by atoms with Gasteiger partial charge >= 0.3 is 5.97 Å². The highest BCUT2D eigenvalue weighted by molar-refractivity contribution is 5.74. The number of carbonyl (C=O) groups is 1. The van der Waals surface area contributed by atoms with E-state index >= 15 is 0 Å². The summed E-state index contributed by atoms with van der Waals surface area (Å²) in [6.07, 6.45) is 3.75. The van der Waals surface area contributed by atoms with E-state index < -0.39 is 5.97 Å². The first-order valence-electron chi connectivity index (χ1n) is 13.5. The normalized spacial score (nSPS) is 18.1. The third-order valence-corrected chi connectivity index (χ3v) is 7.73. The summed E-state index contributed by atoms with van der Waals surface area (Å²) in [7, 11) is 0. The zero-order valence-corrected chi connectivity index (χ0v) is 21.7. The van der Waals surface area contributed by atoms with E-state index in [1.165, 1.54) is 11.1 Å². The molecule has 0 bridgehead atoms. The second-order valence-corrected chi connectivity index (χ2v) is 10.3. The maximum atomic E-state index is 10.9. The van der Waals surface area contributed by atoms with E-state index in [-0.39, 0.29) is 12.3 Å². The lowest BCUT2D eigenvalue weighted by atomic mass is 9.95. The van der Waals surface area contributed by atoms with E-state index in [0.717, 1.165) is 77.9 Å². The number of ether oxygens (including phenoxy) is 3. The number of benzene rings is 2. The predicted octanol–water partition coefficient (Wildman–Crippen LogP) is 4.70. The molecule has 0 saturated carbocycles. The number of aryl methyl sites for hydroxylation is 3. The number of carboxylic acid groups (broad SMARTS) is 1. The summed E-state index contributed by atoms with van der Waals surface area (Å²) in [6.45, 7) is 6.14. The molecule has 38 heavy (non-hydrogen) atoms. The second-order valence-electron chi connectivity index (χ2n) is 10.3. The van der Waals surface area contributed by atoms with Gasteiger partial charge < -0.3 is 24.2 Å². The smallest absolute Gasteiger partial charge is 0.303 e. The minimum atomic E-state index is -0.777. The maximum absolute atomic E-state index is 10.9. The van der Waals surface area contributed by atoms with E-state index in [1.807, 2.05) is 18.2 Å². The van der Waals surface area contributed by atoms with E-state index in [1.54, 1.807) is 0 Å². The fourth-order valence-electron chi connectivity index (χ4n) is 5.71. The Morgan fingerprint density at radius 2 is 2.00 bits per heavy atom. The van der Waals surface area contributed by atoms with Gasteiger partial charge in [0.15, 0.2) is 0 Å². The molecule has 1 atom stereocenters. The van der Waals surface area contributed by atoms with Gasteiger partial charge in [0.25, 0.3) is 0 Å². The summed E-state index contributed by atoms with van der Waals surface area (Å²) in [5.74, 6) is 1.69. The quantitative estimate of drug-likeness (QED) is 0.484. The SMILES string of the molecule is Cc1nc(N2CCOCC2)nc2c1-c1cc(COc3ccc4c(c3)OC[C@H]4CCC(=O)O)ccc1CCC2. The summed E-state index contributed by atoms with van der Waals surface area (Å²) >= 11 is 0. The monoisotopic (exact) mass is 515 g/mol. The third kappa shape index (κ3) is 5.05. The molecule has 1 aliphatic carbocycles. The average molecular weight is 516 g/mol. The number of nitrogens with zero attached hydrogens (tertiary/aromatic N) is 3. The molecule has 6 rings (SSSR count). The molecule has 0 amide bonds. The van der Waals surface area contributed by atoms with Crippen LogP contribution in [0.25, 0.3) is 11.1 Å². The van der Waals surface area contributed by atoms with Crippen LogP contribution in [0.5, 0.6) is 11.5 Å². The minimum Gasteiger partial charge on any atom is -0.493 e. The largest absolute Gasteiger partial charge is 0.493 e. The van der Waals surface area contributed by atoms with Crippen molar-refractivity contribution in [3.8, 4) is 22.6 Å². The Hall–Kier alpha value is -3.65. The van der Waals surface area contributed by atoms with Crippen LogP contribution in [0.4, 0.5) is 5.95 Å². The van der Waals surface area contributed by atoms with Crippen LogP contribution < -0.4 is 14.4 Å². The highest BCUT2D eigenvalue weighted by Gasteiger charge is 2.26. The summed E-state index contributed by atoms with van der Waals surface area (Å²) in [4.78, 5) is 23.1. The molecular formula is C30H33N3O5. The number of fused-ring (bicyclic) bond motifs is 4. The Bertz CT molecular complexity index is 1350. The van der Waals surface area contributed by atoms with E-state index in [0.29, 0.717) is 32.8 Å². The topological polar surface area (TPSA) is 94.0 Å². The van der Waals surface area contributed by atoms with Crippen molar-refractivity contribution >= 4 is 11.9 Å². The van der Waals surface area contributed by atoms with Gasteiger partial charge in [-0.25, -0.2) is 9.97 Å². The van der Waals surface area contributed by atoms with E-state index in [9.17, 15) is 4.79 Å². The number of hydrogen-bond acceptors (Lipinski definition) is 7. The molecule has 2 aliphatic heterocycles. The Morgan fingerprint density at radius 1 is 1.13 bits per heavy atom. The number of morpholine rings is 1. The summed E-state index contributed by atoms with van der Waals surface area (Å²) in [5.41, 5.74) is 8.01. The van der Waals surface area contributed by atoms with Gasteiger partial charge in [-0.1, -0.05) is 18.2 Å². The molecule has 1 aromatic heterocycles. The van der Waals surface area contributed by atoms with Crippen LogP contribution in [-0.2, 0) is 29.0 Å². The molecule has 0 unspecified atom stereocenters. The summed E-state index contributed by atoms with van der Waals surface area (Å²) in [6, 6.07) is 12.5. The molecule has 2 aromatic carbocycles. The molecular weight excluding hydrogens is 482 g/mol. The predicted molar refractivity (Wildman–Crippen MR) is 143 cm³/mol. The van der Waals surface area contributed by atoms with Gasteiger partial charge in [0.05, 0.1) is 31.2 Å². The first kappa shape index (κ1) is 24.7. The summed E-state index contributed by atoms with van der Waals surface area (Å²) in [5, 5.41) is 9.00. The Morgan fingerprint density at radius 3 is 2.84 bits per heavy atom.